The summed E-state index contributed by atoms with van der Waals surface area (Å²) >= 11 is 6.07. The summed E-state index contributed by atoms with van der Waals surface area (Å²) in [6, 6.07) is 1.29. The van der Waals surface area contributed by atoms with Gasteiger partial charge < -0.3 is 0 Å². The monoisotopic (exact) mass is 271 g/mol. The first-order valence-corrected chi connectivity index (χ1v) is 8.83. The van der Waals surface area contributed by atoms with E-state index in [1.807, 2.05) is 12.2 Å². The second-order valence-electron chi connectivity index (χ2n) is 4.90. The molecule has 0 aromatic rings. The van der Waals surface area contributed by atoms with E-state index < -0.39 is 6.49 Å². The average Bonchev–Trinajstić information content (AvgIpc) is 3.17. The second-order valence-corrected chi connectivity index (χ2v) is 8.99. The molecule has 0 amide bonds. The van der Waals surface area contributed by atoms with Crippen LogP contribution in [-0.2, 0) is 11.8 Å². The number of hydrogen-bond donors (Lipinski definition) is 0. The normalized spacial score (nSPS) is 38.5. The van der Waals surface area contributed by atoms with Crippen LogP contribution in [0, 0.1) is 0 Å². The van der Waals surface area contributed by atoms with Gasteiger partial charge in [0.25, 0.3) is 0 Å². The van der Waals surface area contributed by atoms with Crippen molar-refractivity contribution in [3.8, 4) is 0 Å². The molecular formula is C12H22N3PS. The summed E-state index contributed by atoms with van der Waals surface area (Å²) in [6.07, 6.45) is 3.90. The van der Waals surface area contributed by atoms with Gasteiger partial charge in [-0.2, -0.15) is 0 Å². The van der Waals surface area contributed by atoms with Gasteiger partial charge in [0.15, 0.2) is 0 Å². The molecule has 0 aromatic carbocycles. The van der Waals surface area contributed by atoms with E-state index in [1.165, 1.54) is 0 Å². The Bertz CT molecular complexity index is 341. The molecule has 2 fully saturated rings. The molecule has 2 rings (SSSR count). The van der Waals surface area contributed by atoms with Crippen LogP contribution < -0.4 is 0 Å². The first-order valence-electron chi connectivity index (χ1n) is 6.17. The lowest BCUT2D eigenvalue weighted by atomic mass is 10.5. The fraction of sp³-hybridized carbons (Fsp3) is 0.667. The van der Waals surface area contributed by atoms with E-state index in [2.05, 4.69) is 41.0 Å². The summed E-state index contributed by atoms with van der Waals surface area (Å²) in [6.45, 7) is 14.5. The lowest BCUT2D eigenvalue weighted by Gasteiger charge is -2.36. The van der Waals surface area contributed by atoms with Crippen molar-refractivity contribution in [1.82, 2.24) is 14.0 Å². The van der Waals surface area contributed by atoms with E-state index in [0.717, 1.165) is 26.2 Å². The molecule has 17 heavy (non-hydrogen) atoms. The molecule has 5 heteroatoms. The summed E-state index contributed by atoms with van der Waals surface area (Å²) in [5.74, 6) is 0. The van der Waals surface area contributed by atoms with Gasteiger partial charge in [-0.25, -0.2) is 14.0 Å². The third-order valence-electron chi connectivity index (χ3n) is 3.37. The van der Waals surface area contributed by atoms with Crippen molar-refractivity contribution in [3.63, 3.8) is 0 Å². The Kier molecular flexibility index (Phi) is 3.91. The van der Waals surface area contributed by atoms with E-state index in [4.69, 9.17) is 11.8 Å². The molecule has 0 saturated carbocycles. The highest BCUT2D eigenvalue weighted by molar-refractivity contribution is 8.11. The standard InChI is InChI=1S/C12H22N3PS/c1-5-7-13(8-6-2)16(17,14-9-11(14)3)15-10-12(15)4/h5-6,11-12H,1-2,7-10H2,3-4H3. The Labute approximate surface area is 110 Å². The molecule has 0 aromatic heterocycles. The van der Waals surface area contributed by atoms with E-state index >= 15 is 0 Å². The minimum Gasteiger partial charge on any atom is -0.246 e. The number of hydrogen-bond acceptors (Lipinski definition) is 1. The van der Waals surface area contributed by atoms with Gasteiger partial charge in [0.05, 0.1) is 0 Å². The van der Waals surface area contributed by atoms with Gasteiger partial charge in [-0.15, -0.1) is 13.2 Å². The summed E-state index contributed by atoms with van der Waals surface area (Å²) < 4.78 is 7.35. The highest BCUT2D eigenvalue weighted by Gasteiger charge is 2.53. The maximum absolute atomic E-state index is 6.07. The fourth-order valence-electron chi connectivity index (χ4n) is 2.23. The van der Waals surface area contributed by atoms with Crippen LogP contribution in [0.1, 0.15) is 13.8 Å². The van der Waals surface area contributed by atoms with E-state index in [-0.39, 0.29) is 0 Å². The van der Waals surface area contributed by atoms with Crippen LogP contribution in [0.2, 0.25) is 0 Å². The van der Waals surface area contributed by atoms with Crippen molar-refractivity contribution in [2.75, 3.05) is 26.2 Å². The number of rotatable bonds is 7. The van der Waals surface area contributed by atoms with Crippen LogP contribution >= 0.6 is 6.49 Å². The molecule has 2 saturated heterocycles. The second kappa shape index (κ2) is 4.94. The van der Waals surface area contributed by atoms with Gasteiger partial charge in [-0.1, -0.05) is 12.2 Å². The van der Waals surface area contributed by atoms with Crippen molar-refractivity contribution in [2.45, 2.75) is 25.9 Å². The quantitative estimate of drug-likeness (QED) is 0.399. The molecular weight excluding hydrogens is 249 g/mol. The largest absolute Gasteiger partial charge is 0.246 e. The molecule has 0 radical (unpaired) electrons. The minimum absolute atomic E-state index is 0.644. The van der Waals surface area contributed by atoms with Crippen LogP contribution in [0.5, 0.6) is 0 Å². The third kappa shape index (κ3) is 2.42. The van der Waals surface area contributed by atoms with E-state index in [1.54, 1.807) is 0 Å². The molecule has 3 nitrogen and oxygen atoms in total. The Balaban J connectivity index is 2.21. The van der Waals surface area contributed by atoms with E-state index in [9.17, 15) is 0 Å². The first-order chi connectivity index (χ1) is 8.05. The van der Waals surface area contributed by atoms with Gasteiger partial charge in [0.2, 0.25) is 0 Å². The average molecular weight is 271 g/mol. The lowest BCUT2D eigenvalue weighted by molar-refractivity contribution is 0.494. The van der Waals surface area contributed by atoms with E-state index in [0.29, 0.717) is 12.1 Å². The lowest BCUT2D eigenvalue weighted by Crippen LogP contribution is -2.29. The molecule has 0 N–H and O–H groups in total. The zero-order valence-electron chi connectivity index (χ0n) is 10.7. The molecule has 2 aliphatic rings. The van der Waals surface area contributed by atoms with Crippen molar-refractivity contribution in [1.29, 1.82) is 0 Å². The van der Waals surface area contributed by atoms with Crippen molar-refractivity contribution >= 4 is 18.3 Å². The summed E-state index contributed by atoms with van der Waals surface area (Å²) in [5.41, 5.74) is 0. The minimum atomic E-state index is -1.71. The van der Waals surface area contributed by atoms with Gasteiger partial charge in [0.1, 0.15) is 6.49 Å². The van der Waals surface area contributed by atoms with Crippen LogP contribution in [-0.4, -0.2) is 52.3 Å². The van der Waals surface area contributed by atoms with Gasteiger partial charge in [-0.05, 0) is 25.7 Å². The molecule has 96 valence electrons. The molecule has 0 bridgehead atoms. The van der Waals surface area contributed by atoms with Crippen LogP contribution in [0.3, 0.4) is 0 Å². The highest BCUT2D eigenvalue weighted by atomic mass is 32.4. The first kappa shape index (κ1) is 13.4. The van der Waals surface area contributed by atoms with Crippen LogP contribution in [0.15, 0.2) is 25.3 Å². The predicted octanol–water partition coefficient (Wildman–Crippen LogP) is 2.29. The molecule has 2 aliphatic heterocycles. The predicted molar refractivity (Wildman–Crippen MR) is 78.6 cm³/mol. The molecule has 0 spiro atoms. The molecule has 4 unspecified atom stereocenters. The van der Waals surface area contributed by atoms with Crippen molar-refractivity contribution < 1.29 is 0 Å². The molecule has 0 aliphatic carbocycles. The SMILES string of the molecule is C=CCN(CC=C)P(=S)(N1CC1C)N1CC1C. The zero-order chi connectivity index (χ0) is 12.6. The molecule has 2 heterocycles. The molecule has 4 atom stereocenters. The topological polar surface area (TPSA) is 9.26 Å². The fourth-order valence-corrected chi connectivity index (χ4v) is 7.52. The van der Waals surface area contributed by atoms with Gasteiger partial charge in [-0.3, -0.25) is 0 Å². The highest BCUT2D eigenvalue weighted by Crippen LogP contribution is 2.66. The Morgan fingerprint density at radius 2 is 1.53 bits per heavy atom. The maximum Gasteiger partial charge on any atom is 0.146 e. The Morgan fingerprint density at radius 3 is 1.76 bits per heavy atom. The summed E-state index contributed by atoms with van der Waals surface area (Å²) in [4.78, 5) is 0. The zero-order valence-corrected chi connectivity index (χ0v) is 12.5. The summed E-state index contributed by atoms with van der Waals surface area (Å²) in [5, 5.41) is 0. The Morgan fingerprint density at radius 1 is 1.18 bits per heavy atom. The number of nitrogens with zero attached hydrogens (tertiary/aromatic N) is 3. The maximum atomic E-state index is 6.07. The van der Waals surface area contributed by atoms with Gasteiger partial charge >= 0.3 is 0 Å². The third-order valence-corrected chi connectivity index (χ3v) is 8.84. The summed E-state index contributed by atoms with van der Waals surface area (Å²) in [7, 11) is 0. The Hall–Kier alpha value is 0.01000. The van der Waals surface area contributed by atoms with Gasteiger partial charge in [0, 0.05) is 38.3 Å². The van der Waals surface area contributed by atoms with Crippen molar-refractivity contribution in [3.05, 3.63) is 25.3 Å². The van der Waals surface area contributed by atoms with Crippen LogP contribution in [0.4, 0.5) is 0 Å². The smallest absolute Gasteiger partial charge is 0.146 e. The van der Waals surface area contributed by atoms with Crippen LogP contribution in [0.25, 0.3) is 0 Å². The van der Waals surface area contributed by atoms with Crippen molar-refractivity contribution in [2.24, 2.45) is 0 Å².